The molecule has 0 aliphatic rings. The smallest absolute Gasteiger partial charge is 0.164 e. The summed E-state index contributed by atoms with van der Waals surface area (Å²) in [4.78, 5) is 0. The number of halogens is 1. The molecular formula is C11H16BrNO2. The molecular weight excluding hydrogens is 258 g/mol. The summed E-state index contributed by atoms with van der Waals surface area (Å²) in [7, 11) is 1.56. The van der Waals surface area contributed by atoms with E-state index in [0.717, 1.165) is 28.4 Å². The Hall–Kier alpha value is -0.740. The van der Waals surface area contributed by atoms with Gasteiger partial charge in [0.1, 0.15) is 0 Å². The molecule has 0 heterocycles. The molecule has 0 amide bonds. The van der Waals surface area contributed by atoms with Crippen LogP contribution in [-0.4, -0.2) is 18.8 Å². The lowest BCUT2D eigenvalue weighted by molar-refractivity contribution is 0.368. The lowest BCUT2D eigenvalue weighted by atomic mass is 10.0. The van der Waals surface area contributed by atoms with Gasteiger partial charge in [0.2, 0.25) is 0 Å². The number of aromatic hydroxyl groups is 1. The molecule has 0 unspecified atom stereocenters. The minimum atomic E-state index is 0.169. The van der Waals surface area contributed by atoms with Gasteiger partial charge in [-0.2, -0.15) is 0 Å². The highest BCUT2D eigenvalue weighted by atomic mass is 79.9. The number of nitrogens with two attached hydrogens (primary N) is 1. The van der Waals surface area contributed by atoms with Crippen LogP contribution in [0.1, 0.15) is 17.5 Å². The summed E-state index contributed by atoms with van der Waals surface area (Å²) in [6.45, 7) is 2.63. The molecule has 1 aromatic rings. The van der Waals surface area contributed by atoms with E-state index in [1.54, 1.807) is 13.2 Å². The fraction of sp³-hybridized carbons (Fsp3) is 0.455. The van der Waals surface area contributed by atoms with E-state index in [1.807, 2.05) is 6.92 Å². The van der Waals surface area contributed by atoms with Crippen LogP contribution in [0, 0.1) is 6.92 Å². The predicted octanol–water partition coefficient (Wildman–Crippen LogP) is 2.36. The van der Waals surface area contributed by atoms with Gasteiger partial charge in [-0.3, -0.25) is 0 Å². The molecule has 0 aliphatic carbocycles. The SMILES string of the molecule is COc1c(O)cc(Br)c(C)c1CCCN. The van der Waals surface area contributed by atoms with Gasteiger partial charge in [0.25, 0.3) is 0 Å². The second-order valence-electron chi connectivity index (χ2n) is 3.41. The van der Waals surface area contributed by atoms with Crippen LogP contribution in [0.25, 0.3) is 0 Å². The summed E-state index contributed by atoms with van der Waals surface area (Å²) in [6.07, 6.45) is 1.70. The van der Waals surface area contributed by atoms with Gasteiger partial charge in [-0.25, -0.2) is 0 Å². The minimum absolute atomic E-state index is 0.169. The lowest BCUT2D eigenvalue weighted by Gasteiger charge is -2.14. The zero-order valence-electron chi connectivity index (χ0n) is 9.01. The van der Waals surface area contributed by atoms with Crippen molar-refractivity contribution in [2.24, 2.45) is 5.73 Å². The van der Waals surface area contributed by atoms with Crippen molar-refractivity contribution in [3.63, 3.8) is 0 Å². The van der Waals surface area contributed by atoms with Crippen molar-refractivity contribution in [3.05, 3.63) is 21.7 Å². The Kier molecular flexibility index (Phi) is 4.42. The van der Waals surface area contributed by atoms with Gasteiger partial charge in [-0.05, 0) is 37.9 Å². The Morgan fingerprint density at radius 1 is 1.53 bits per heavy atom. The first kappa shape index (κ1) is 12.3. The standard InChI is InChI=1S/C11H16BrNO2/c1-7-8(4-3-5-13)11(15-2)10(14)6-9(7)12/h6,14H,3-5,13H2,1-2H3. The third-order valence-electron chi connectivity index (χ3n) is 2.42. The highest BCUT2D eigenvalue weighted by Crippen LogP contribution is 2.37. The zero-order valence-corrected chi connectivity index (χ0v) is 10.6. The van der Waals surface area contributed by atoms with Crippen molar-refractivity contribution in [2.75, 3.05) is 13.7 Å². The summed E-state index contributed by atoms with van der Waals surface area (Å²) in [5.41, 5.74) is 7.60. The molecule has 84 valence electrons. The van der Waals surface area contributed by atoms with Crippen molar-refractivity contribution < 1.29 is 9.84 Å². The summed E-state index contributed by atoms with van der Waals surface area (Å²) in [5, 5.41) is 9.71. The van der Waals surface area contributed by atoms with Crippen molar-refractivity contribution in [1.29, 1.82) is 0 Å². The van der Waals surface area contributed by atoms with Crippen LogP contribution in [-0.2, 0) is 6.42 Å². The molecule has 1 aromatic carbocycles. The van der Waals surface area contributed by atoms with E-state index < -0.39 is 0 Å². The van der Waals surface area contributed by atoms with E-state index in [4.69, 9.17) is 10.5 Å². The number of hydrogen-bond acceptors (Lipinski definition) is 3. The summed E-state index contributed by atoms with van der Waals surface area (Å²) < 4.78 is 6.09. The third-order valence-corrected chi connectivity index (χ3v) is 3.24. The molecule has 4 heteroatoms. The maximum atomic E-state index is 9.71. The van der Waals surface area contributed by atoms with E-state index in [2.05, 4.69) is 15.9 Å². The molecule has 3 N–H and O–H groups in total. The Bertz CT molecular complexity index is 353. The first-order valence-corrected chi connectivity index (χ1v) is 5.66. The Morgan fingerprint density at radius 2 is 2.20 bits per heavy atom. The van der Waals surface area contributed by atoms with E-state index in [9.17, 15) is 5.11 Å². The largest absolute Gasteiger partial charge is 0.504 e. The number of ether oxygens (including phenoxy) is 1. The number of phenolic OH excluding ortho intramolecular Hbond substituents is 1. The fourth-order valence-corrected chi connectivity index (χ4v) is 2.03. The van der Waals surface area contributed by atoms with Crippen LogP contribution in [0.2, 0.25) is 0 Å². The highest BCUT2D eigenvalue weighted by molar-refractivity contribution is 9.10. The zero-order chi connectivity index (χ0) is 11.4. The third kappa shape index (κ3) is 2.63. The van der Waals surface area contributed by atoms with Gasteiger partial charge in [0.05, 0.1) is 7.11 Å². The van der Waals surface area contributed by atoms with E-state index in [0.29, 0.717) is 12.3 Å². The van der Waals surface area contributed by atoms with Gasteiger partial charge < -0.3 is 15.6 Å². The molecule has 0 atom stereocenters. The van der Waals surface area contributed by atoms with E-state index in [1.165, 1.54) is 0 Å². The van der Waals surface area contributed by atoms with E-state index in [-0.39, 0.29) is 5.75 Å². The quantitative estimate of drug-likeness (QED) is 0.886. The van der Waals surface area contributed by atoms with Crippen LogP contribution in [0.15, 0.2) is 10.5 Å². The molecule has 0 saturated heterocycles. The number of benzene rings is 1. The second-order valence-corrected chi connectivity index (χ2v) is 4.26. The Labute approximate surface area is 98.4 Å². The second kappa shape index (κ2) is 5.37. The molecule has 0 fully saturated rings. The van der Waals surface area contributed by atoms with Crippen LogP contribution in [0.5, 0.6) is 11.5 Å². The number of phenols is 1. The molecule has 0 saturated carbocycles. The van der Waals surface area contributed by atoms with Gasteiger partial charge >= 0.3 is 0 Å². The summed E-state index contributed by atoms with van der Waals surface area (Å²) in [6, 6.07) is 1.65. The van der Waals surface area contributed by atoms with Crippen molar-refractivity contribution in [3.8, 4) is 11.5 Å². The average Bonchev–Trinajstić information content (AvgIpc) is 2.21. The van der Waals surface area contributed by atoms with Gasteiger partial charge in [0.15, 0.2) is 11.5 Å². The van der Waals surface area contributed by atoms with Gasteiger partial charge in [-0.15, -0.1) is 0 Å². The molecule has 0 aliphatic heterocycles. The maximum Gasteiger partial charge on any atom is 0.164 e. The highest BCUT2D eigenvalue weighted by Gasteiger charge is 2.14. The lowest BCUT2D eigenvalue weighted by Crippen LogP contribution is -2.03. The van der Waals surface area contributed by atoms with Crippen molar-refractivity contribution in [2.45, 2.75) is 19.8 Å². The fourth-order valence-electron chi connectivity index (χ4n) is 1.57. The number of methoxy groups -OCH3 is 1. The molecule has 3 nitrogen and oxygen atoms in total. The Balaban J connectivity index is 3.18. The monoisotopic (exact) mass is 273 g/mol. The number of rotatable bonds is 4. The molecule has 0 spiro atoms. The van der Waals surface area contributed by atoms with Gasteiger partial charge in [0, 0.05) is 10.0 Å². The number of hydrogen-bond donors (Lipinski definition) is 2. The molecule has 1 rings (SSSR count). The normalized spacial score (nSPS) is 10.4. The first-order valence-electron chi connectivity index (χ1n) is 4.86. The van der Waals surface area contributed by atoms with Crippen LogP contribution >= 0.6 is 15.9 Å². The molecule has 0 aromatic heterocycles. The maximum absolute atomic E-state index is 9.71. The first-order chi connectivity index (χ1) is 7.11. The molecule has 15 heavy (non-hydrogen) atoms. The van der Waals surface area contributed by atoms with Crippen molar-refractivity contribution in [1.82, 2.24) is 0 Å². The minimum Gasteiger partial charge on any atom is -0.504 e. The molecule has 0 radical (unpaired) electrons. The van der Waals surface area contributed by atoms with Crippen molar-refractivity contribution >= 4 is 15.9 Å². The topological polar surface area (TPSA) is 55.5 Å². The summed E-state index contributed by atoms with van der Waals surface area (Å²) >= 11 is 3.41. The Morgan fingerprint density at radius 3 is 2.73 bits per heavy atom. The summed E-state index contributed by atoms with van der Waals surface area (Å²) in [5.74, 6) is 0.728. The van der Waals surface area contributed by atoms with Gasteiger partial charge in [-0.1, -0.05) is 15.9 Å². The van der Waals surface area contributed by atoms with E-state index >= 15 is 0 Å². The molecule has 0 bridgehead atoms. The van der Waals surface area contributed by atoms with Crippen LogP contribution < -0.4 is 10.5 Å². The van der Waals surface area contributed by atoms with Crippen LogP contribution in [0.4, 0.5) is 0 Å². The predicted molar refractivity (Wildman–Crippen MR) is 64.5 cm³/mol. The average molecular weight is 274 g/mol. The van der Waals surface area contributed by atoms with Crippen LogP contribution in [0.3, 0.4) is 0 Å².